The Kier molecular flexibility index (Phi) is 5.59. The fourth-order valence-corrected chi connectivity index (χ4v) is 1.97. The van der Waals surface area contributed by atoms with Crippen LogP contribution in [0, 0.1) is 11.2 Å². The van der Waals surface area contributed by atoms with Crippen LogP contribution in [0.25, 0.3) is 0 Å². The van der Waals surface area contributed by atoms with E-state index in [1.165, 1.54) is 6.07 Å². The molecule has 0 radical (unpaired) electrons. The number of hydrogen-bond donors (Lipinski definition) is 2. The van der Waals surface area contributed by atoms with E-state index in [1.54, 1.807) is 0 Å². The van der Waals surface area contributed by atoms with Crippen LogP contribution in [0.5, 0.6) is 0 Å². The van der Waals surface area contributed by atoms with Crippen molar-refractivity contribution in [3.63, 3.8) is 0 Å². The van der Waals surface area contributed by atoms with Gasteiger partial charge in [-0.1, -0.05) is 37.0 Å². The zero-order valence-corrected chi connectivity index (χ0v) is 12.3. The first-order valence-corrected chi connectivity index (χ1v) is 6.56. The van der Waals surface area contributed by atoms with Gasteiger partial charge in [0.05, 0.1) is 15.6 Å². The van der Waals surface area contributed by atoms with Crippen LogP contribution in [0.1, 0.15) is 30.6 Å². The van der Waals surface area contributed by atoms with E-state index in [0.29, 0.717) is 13.0 Å². The lowest BCUT2D eigenvalue weighted by Crippen LogP contribution is -2.34. The molecular weight excluding hydrogens is 292 g/mol. The number of aliphatic hydroxyl groups is 1. The van der Waals surface area contributed by atoms with Gasteiger partial charge in [0.15, 0.2) is 0 Å². The summed E-state index contributed by atoms with van der Waals surface area (Å²) in [5.41, 5.74) is -0.203. The predicted molar refractivity (Wildman–Crippen MR) is 74.2 cm³/mol. The van der Waals surface area contributed by atoms with Gasteiger partial charge in [-0.3, -0.25) is 4.79 Å². The molecule has 6 heteroatoms. The number of rotatable bonds is 5. The summed E-state index contributed by atoms with van der Waals surface area (Å²) in [6.07, 6.45) is 0.552. The van der Waals surface area contributed by atoms with Crippen LogP contribution in [0.15, 0.2) is 12.1 Å². The summed E-state index contributed by atoms with van der Waals surface area (Å²) in [7, 11) is 0. The summed E-state index contributed by atoms with van der Waals surface area (Å²) in [6.45, 7) is 4.22. The van der Waals surface area contributed by atoms with Gasteiger partial charge < -0.3 is 10.4 Å². The number of nitrogens with one attached hydrogen (secondary N) is 1. The number of benzene rings is 1. The number of carbonyl (C=O) groups is 1. The van der Waals surface area contributed by atoms with Gasteiger partial charge in [0.2, 0.25) is 0 Å². The average molecular weight is 308 g/mol. The van der Waals surface area contributed by atoms with Crippen molar-refractivity contribution in [2.75, 3.05) is 13.2 Å². The van der Waals surface area contributed by atoms with Crippen LogP contribution in [0.4, 0.5) is 4.39 Å². The minimum absolute atomic E-state index is 0.0409. The standard InChI is InChI=1S/C13H16Cl2FNO2/c1-13(2,3-4-18)7-17-12(19)8-5-11(16)10(15)6-9(8)14/h5-6,18H,3-4,7H2,1-2H3,(H,17,19). The molecule has 0 aliphatic rings. The molecular formula is C13H16Cl2FNO2. The molecule has 1 amide bonds. The third-order valence-corrected chi connectivity index (χ3v) is 3.37. The minimum Gasteiger partial charge on any atom is -0.396 e. The Balaban J connectivity index is 2.77. The second-order valence-corrected chi connectivity index (χ2v) is 5.88. The predicted octanol–water partition coefficient (Wildman–Crippen LogP) is 3.27. The molecule has 0 saturated heterocycles. The largest absolute Gasteiger partial charge is 0.396 e. The van der Waals surface area contributed by atoms with Gasteiger partial charge >= 0.3 is 0 Å². The maximum Gasteiger partial charge on any atom is 0.252 e. The van der Waals surface area contributed by atoms with Crippen LogP contribution >= 0.6 is 23.2 Å². The molecule has 1 rings (SSSR count). The highest BCUT2D eigenvalue weighted by molar-refractivity contribution is 6.36. The Morgan fingerprint density at radius 3 is 2.58 bits per heavy atom. The highest BCUT2D eigenvalue weighted by Crippen LogP contribution is 2.25. The van der Waals surface area contributed by atoms with Crippen LogP contribution < -0.4 is 5.32 Å². The first-order chi connectivity index (χ1) is 8.76. The topological polar surface area (TPSA) is 49.3 Å². The quantitative estimate of drug-likeness (QED) is 0.820. The SMILES string of the molecule is CC(C)(CCO)CNC(=O)c1cc(F)c(Cl)cc1Cl. The van der Waals surface area contributed by atoms with Crippen LogP contribution in [-0.2, 0) is 0 Å². The molecule has 1 aromatic carbocycles. The Hall–Kier alpha value is -0.840. The van der Waals surface area contributed by atoms with Crippen molar-refractivity contribution in [3.8, 4) is 0 Å². The van der Waals surface area contributed by atoms with Gasteiger partial charge in [-0.05, 0) is 24.0 Å². The van der Waals surface area contributed by atoms with Crippen molar-refractivity contribution in [1.82, 2.24) is 5.32 Å². The lowest BCUT2D eigenvalue weighted by Gasteiger charge is -2.23. The van der Waals surface area contributed by atoms with E-state index < -0.39 is 11.7 Å². The van der Waals surface area contributed by atoms with Gasteiger partial charge in [-0.25, -0.2) is 4.39 Å². The minimum atomic E-state index is -0.689. The van der Waals surface area contributed by atoms with E-state index in [0.717, 1.165) is 6.07 Å². The van der Waals surface area contributed by atoms with Crippen LogP contribution in [0.2, 0.25) is 10.0 Å². The molecule has 0 unspecified atom stereocenters. The lowest BCUT2D eigenvalue weighted by molar-refractivity contribution is 0.0928. The van der Waals surface area contributed by atoms with Crippen LogP contribution in [0.3, 0.4) is 0 Å². The third-order valence-electron chi connectivity index (χ3n) is 2.77. The summed E-state index contributed by atoms with van der Waals surface area (Å²) >= 11 is 11.4. The molecule has 0 fully saturated rings. The van der Waals surface area contributed by atoms with E-state index in [1.807, 2.05) is 13.8 Å². The maximum absolute atomic E-state index is 13.3. The normalized spacial score (nSPS) is 11.5. The molecule has 0 aliphatic heterocycles. The van der Waals surface area contributed by atoms with E-state index in [9.17, 15) is 9.18 Å². The van der Waals surface area contributed by atoms with E-state index in [-0.39, 0.29) is 27.6 Å². The van der Waals surface area contributed by atoms with Crippen LogP contribution in [-0.4, -0.2) is 24.2 Å². The molecule has 0 bridgehead atoms. The summed E-state index contributed by atoms with van der Waals surface area (Å²) in [6, 6.07) is 2.21. The first kappa shape index (κ1) is 16.2. The molecule has 2 N–H and O–H groups in total. The van der Waals surface area contributed by atoms with E-state index in [4.69, 9.17) is 28.3 Å². The average Bonchev–Trinajstić information content (AvgIpc) is 2.31. The van der Waals surface area contributed by atoms with Gasteiger partial charge in [-0.15, -0.1) is 0 Å². The smallest absolute Gasteiger partial charge is 0.252 e. The number of carbonyl (C=O) groups excluding carboxylic acids is 1. The molecule has 0 heterocycles. The van der Waals surface area contributed by atoms with Gasteiger partial charge in [0.1, 0.15) is 5.82 Å². The number of halogens is 3. The maximum atomic E-state index is 13.3. The van der Waals surface area contributed by atoms with Gasteiger partial charge in [0.25, 0.3) is 5.91 Å². The first-order valence-electron chi connectivity index (χ1n) is 5.80. The van der Waals surface area contributed by atoms with Crippen molar-refractivity contribution >= 4 is 29.1 Å². The molecule has 0 saturated carbocycles. The Morgan fingerprint density at radius 1 is 1.37 bits per heavy atom. The molecule has 3 nitrogen and oxygen atoms in total. The van der Waals surface area contributed by atoms with Crippen molar-refractivity contribution < 1.29 is 14.3 Å². The van der Waals surface area contributed by atoms with E-state index in [2.05, 4.69) is 5.32 Å². The molecule has 0 aromatic heterocycles. The Bertz CT molecular complexity index is 478. The second-order valence-electron chi connectivity index (χ2n) is 5.07. The van der Waals surface area contributed by atoms with Crippen molar-refractivity contribution in [2.24, 2.45) is 5.41 Å². The van der Waals surface area contributed by atoms with Crippen molar-refractivity contribution in [3.05, 3.63) is 33.6 Å². The molecule has 19 heavy (non-hydrogen) atoms. The summed E-state index contributed by atoms with van der Waals surface area (Å²) in [5, 5.41) is 11.5. The summed E-state index contributed by atoms with van der Waals surface area (Å²) in [5.74, 6) is -1.16. The van der Waals surface area contributed by atoms with Crippen molar-refractivity contribution in [1.29, 1.82) is 0 Å². The van der Waals surface area contributed by atoms with Gasteiger partial charge in [-0.2, -0.15) is 0 Å². The Labute approximate surface area is 121 Å². The van der Waals surface area contributed by atoms with E-state index >= 15 is 0 Å². The van der Waals surface area contributed by atoms with Crippen molar-refractivity contribution in [2.45, 2.75) is 20.3 Å². The molecule has 106 valence electrons. The lowest BCUT2D eigenvalue weighted by atomic mass is 9.89. The Morgan fingerprint density at radius 2 is 2.00 bits per heavy atom. The number of amides is 1. The third kappa shape index (κ3) is 4.64. The summed E-state index contributed by atoms with van der Waals surface area (Å²) in [4.78, 5) is 11.9. The fraction of sp³-hybridized carbons (Fsp3) is 0.462. The highest BCUT2D eigenvalue weighted by Gasteiger charge is 2.20. The second kappa shape index (κ2) is 6.55. The zero-order chi connectivity index (χ0) is 14.6. The highest BCUT2D eigenvalue weighted by atomic mass is 35.5. The number of aliphatic hydroxyl groups excluding tert-OH is 1. The number of hydrogen-bond acceptors (Lipinski definition) is 2. The van der Waals surface area contributed by atoms with Gasteiger partial charge in [0, 0.05) is 13.2 Å². The molecule has 0 atom stereocenters. The zero-order valence-electron chi connectivity index (χ0n) is 10.8. The molecule has 0 spiro atoms. The monoisotopic (exact) mass is 307 g/mol. The molecule has 0 aliphatic carbocycles. The fourth-order valence-electron chi connectivity index (χ4n) is 1.50. The molecule has 1 aromatic rings. The summed E-state index contributed by atoms with van der Waals surface area (Å²) < 4.78 is 13.3.